The van der Waals surface area contributed by atoms with E-state index in [0.29, 0.717) is 0 Å². The Morgan fingerprint density at radius 3 is 0.769 bits per heavy atom. The summed E-state index contributed by atoms with van der Waals surface area (Å²) in [5.74, 6) is -33.2. The molecule has 158 valence electrons. The van der Waals surface area contributed by atoms with Gasteiger partial charge in [0.05, 0.1) is 0 Å². The maximum absolute atomic E-state index is 13.0. The van der Waals surface area contributed by atoms with Gasteiger partial charge in [0.2, 0.25) is 0 Å². The molecule has 0 radical (unpaired) electrons. The molecular formula is C8F17I. The Kier molecular flexibility index (Phi) is 5.91. The van der Waals surface area contributed by atoms with Crippen molar-refractivity contribution in [3.63, 3.8) is 0 Å². The maximum Gasteiger partial charge on any atom is 0.438 e. The lowest BCUT2D eigenvalue weighted by Crippen LogP contribution is -2.76. The topological polar surface area (TPSA) is 0 Å². The predicted molar refractivity (Wildman–Crippen MR) is 54.7 cm³/mol. The zero-order chi connectivity index (χ0) is 22.0. The van der Waals surface area contributed by atoms with Crippen LogP contribution in [-0.4, -0.2) is 45.6 Å². The zero-order valence-corrected chi connectivity index (χ0v) is 13.0. The van der Waals surface area contributed by atoms with E-state index in [1.54, 1.807) is 0 Å². The van der Waals surface area contributed by atoms with E-state index in [0.717, 1.165) is 0 Å². The largest absolute Gasteiger partial charge is 0.438 e. The molecule has 0 aliphatic carbocycles. The van der Waals surface area contributed by atoms with Crippen LogP contribution in [0.5, 0.6) is 0 Å². The van der Waals surface area contributed by atoms with E-state index in [-0.39, 0.29) is 0 Å². The molecule has 0 spiro atoms. The van der Waals surface area contributed by atoms with Crippen LogP contribution < -0.4 is 0 Å². The van der Waals surface area contributed by atoms with Crippen molar-refractivity contribution < 1.29 is 74.6 Å². The van der Waals surface area contributed by atoms with Crippen molar-refractivity contribution >= 4 is 22.6 Å². The molecule has 0 unspecified atom stereocenters. The molecule has 0 N–H and O–H groups in total. The standard InChI is InChI=1S/C8F17I/c9-1(6(18,19)20,7(21,22)23)2(10,11)3(12,13)4(14,15)5(16,17)8(24,25)26. The van der Waals surface area contributed by atoms with Crippen LogP contribution in [0.25, 0.3) is 0 Å². The van der Waals surface area contributed by atoms with Gasteiger partial charge >= 0.3 is 45.6 Å². The minimum atomic E-state index is -8.69. The molecule has 0 saturated carbocycles. The molecular weight excluding hydrogens is 546 g/mol. The average molecular weight is 546 g/mol. The molecule has 0 heterocycles. The fraction of sp³-hybridized carbons (Fsp3) is 1.00. The van der Waals surface area contributed by atoms with Crippen LogP contribution in [0.1, 0.15) is 0 Å². The Hall–Kier alpha value is -0.460. The van der Waals surface area contributed by atoms with E-state index in [2.05, 4.69) is 0 Å². The summed E-state index contributed by atoms with van der Waals surface area (Å²) in [6, 6.07) is 0. The number of hydrogen-bond donors (Lipinski definition) is 0. The second-order valence-corrected chi connectivity index (χ2v) is 5.80. The van der Waals surface area contributed by atoms with Gasteiger partial charge < -0.3 is 0 Å². The first-order valence-corrected chi connectivity index (χ1v) is 6.23. The molecule has 0 aliphatic heterocycles. The Morgan fingerprint density at radius 1 is 0.346 bits per heavy atom. The highest BCUT2D eigenvalue weighted by Gasteiger charge is 2.97. The van der Waals surface area contributed by atoms with Crippen LogP contribution in [0.15, 0.2) is 0 Å². The second kappa shape index (κ2) is 6.02. The Morgan fingerprint density at radius 2 is 0.577 bits per heavy atom. The van der Waals surface area contributed by atoms with Crippen LogP contribution in [0.2, 0.25) is 0 Å². The fourth-order valence-electron chi connectivity index (χ4n) is 1.31. The lowest BCUT2D eigenvalue weighted by molar-refractivity contribution is -0.461. The first-order chi connectivity index (χ1) is 10.8. The van der Waals surface area contributed by atoms with Crippen molar-refractivity contribution in [1.29, 1.82) is 0 Å². The quantitative estimate of drug-likeness (QED) is 0.213. The molecule has 0 saturated heterocycles. The highest BCUT2D eigenvalue weighted by molar-refractivity contribution is 14.1. The van der Waals surface area contributed by atoms with Gasteiger partial charge in [0.25, 0.3) is 0 Å². The van der Waals surface area contributed by atoms with E-state index < -0.39 is 68.2 Å². The lowest BCUT2D eigenvalue weighted by atomic mass is 9.86. The highest BCUT2D eigenvalue weighted by Crippen LogP contribution is 2.65. The van der Waals surface area contributed by atoms with Crippen LogP contribution in [0, 0.1) is 0 Å². The number of alkyl halides is 18. The summed E-state index contributed by atoms with van der Waals surface area (Å²) in [5.41, 5.74) is -8.49. The normalized spacial score (nSPS) is 16.8. The van der Waals surface area contributed by atoms with Crippen LogP contribution >= 0.6 is 22.6 Å². The van der Waals surface area contributed by atoms with E-state index >= 15 is 0 Å². The summed E-state index contributed by atoms with van der Waals surface area (Å²) < 4.78 is 207. The third-order valence-electron chi connectivity index (χ3n) is 2.75. The molecule has 0 bridgehead atoms. The van der Waals surface area contributed by atoms with Crippen molar-refractivity contribution in [2.24, 2.45) is 0 Å². The molecule has 0 aliphatic rings. The van der Waals surface area contributed by atoms with Gasteiger partial charge in [-0.05, 0) is 0 Å². The van der Waals surface area contributed by atoms with Gasteiger partial charge in [0, 0.05) is 22.6 Å². The van der Waals surface area contributed by atoms with E-state index in [1.165, 1.54) is 0 Å². The number of halogens is 18. The molecule has 26 heavy (non-hydrogen) atoms. The van der Waals surface area contributed by atoms with E-state index in [1.807, 2.05) is 0 Å². The van der Waals surface area contributed by atoms with Gasteiger partial charge in [-0.1, -0.05) is 0 Å². The van der Waals surface area contributed by atoms with Gasteiger partial charge in [-0.25, -0.2) is 4.39 Å². The molecule has 0 atom stereocenters. The molecule has 0 aromatic heterocycles. The summed E-state index contributed by atoms with van der Waals surface area (Å²) in [6.45, 7) is 0. The van der Waals surface area contributed by atoms with Gasteiger partial charge in [-0.3, -0.25) is 0 Å². The van der Waals surface area contributed by atoms with Crippen LogP contribution in [0.4, 0.5) is 74.6 Å². The first kappa shape index (κ1) is 25.5. The molecule has 18 heteroatoms. The van der Waals surface area contributed by atoms with Crippen molar-refractivity contribution in [1.82, 2.24) is 0 Å². The molecule has 0 amide bonds. The first-order valence-electron chi connectivity index (χ1n) is 5.15. The zero-order valence-electron chi connectivity index (χ0n) is 10.8. The summed E-state index contributed by atoms with van der Waals surface area (Å²) in [5, 5.41) is 0. The highest BCUT2D eigenvalue weighted by atomic mass is 127. The lowest BCUT2D eigenvalue weighted by Gasteiger charge is -2.43. The summed E-state index contributed by atoms with van der Waals surface area (Å²) in [7, 11) is 0. The summed E-state index contributed by atoms with van der Waals surface area (Å²) in [6.07, 6.45) is -16.2. The molecule has 0 nitrogen and oxygen atoms in total. The predicted octanol–water partition coefficient (Wildman–Crippen LogP) is 6.39. The minimum absolute atomic E-state index is 1.01. The van der Waals surface area contributed by atoms with Crippen LogP contribution in [-0.2, 0) is 0 Å². The van der Waals surface area contributed by atoms with Crippen molar-refractivity contribution in [3.05, 3.63) is 0 Å². The third-order valence-corrected chi connectivity index (χ3v) is 3.43. The van der Waals surface area contributed by atoms with Crippen molar-refractivity contribution in [2.75, 3.05) is 0 Å². The average Bonchev–Trinajstić information content (AvgIpc) is 2.32. The van der Waals surface area contributed by atoms with E-state index in [9.17, 15) is 74.6 Å². The van der Waals surface area contributed by atoms with Gasteiger partial charge in [0.1, 0.15) is 0 Å². The minimum Gasteiger partial charge on any atom is -0.216 e. The van der Waals surface area contributed by atoms with Crippen molar-refractivity contribution in [2.45, 2.75) is 45.6 Å². The van der Waals surface area contributed by atoms with Gasteiger partial charge in [-0.2, -0.15) is 70.2 Å². The number of hydrogen-bond acceptors (Lipinski definition) is 0. The Bertz CT molecular complexity index is 504. The van der Waals surface area contributed by atoms with Gasteiger partial charge in [0.15, 0.2) is 0 Å². The summed E-state index contributed by atoms with van der Waals surface area (Å²) in [4.78, 5) is 0. The van der Waals surface area contributed by atoms with Gasteiger partial charge in [-0.15, -0.1) is 0 Å². The molecule has 0 fully saturated rings. The second-order valence-electron chi connectivity index (χ2n) is 4.45. The smallest absolute Gasteiger partial charge is 0.216 e. The van der Waals surface area contributed by atoms with Crippen molar-refractivity contribution in [3.8, 4) is 0 Å². The van der Waals surface area contributed by atoms with Crippen LogP contribution in [0.3, 0.4) is 0 Å². The fourth-order valence-corrected chi connectivity index (χ4v) is 1.64. The molecule has 0 rings (SSSR count). The molecule has 0 aromatic rings. The monoisotopic (exact) mass is 546 g/mol. The summed E-state index contributed by atoms with van der Waals surface area (Å²) >= 11 is -1.01. The Labute approximate surface area is 143 Å². The van der Waals surface area contributed by atoms with E-state index in [4.69, 9.17) is 0 Å². The third kappa shape index (κ3) is 3.06. The molecule has 0 aromatic carbocycles. The number of rotatable bonds is 5. The SMILES string of the molecule is FC(F)(F)C(F)(C(F)(F)F)C(F)(F)C(F)(F)C(F)(F)C(F)(F)C(F)(F)I. The maximum atomic E-state index is 13.0. The Balaban J connectivity index is 6.86.